The maximum atomic E-state index is 5.55. The Kier molecular flexibility index (Phi) is 6.96. The highest BCUT2D eigenvalue weighted by Crippen LogP contribution is 2.11. The van der Waals surface area contributed by atoms with E-state index in [9.17, 15) is 0 Å². The average molecular weight is 230 g/mol. The second-order valence-corrected chi connectivity index (χ2v) is 4.48. The van der Waals surface area contributed by atoms with Crippen molar-refractivity contribution >= 4 is 0 Å². The first-order chi connectivity index (χ1) is 7.79. The lowest BCUT2D eigenvalue weighted by atomic mass is 10.1. The van der Waals surface area contributed by atoms with E-state index in [2.05, 4.69) is 24.1 Å². The Hall–Kier alpha value is -0.160. The lowest BCUT2D eigenvalue weighted by molar-refractivity contribution is -0.0387. The largest absolute Gasteiger partial charge is 0.383 e. The molecule has 1 N–H and O–H groups in total. The molecular formula is C12H26N2O2. The summed E-state index contributed by atoms with van der Waals surface area (Å²) >= 11 is 0. The highest BCUT2D eigenvalue weighted by atomic mass is 16.5. The molecule has 0 radical (unpaired) electrons. The fourth-order valence-corrected chi connectivity index (χ4v) is 2.21. The van der Waals surface area contributed by atoms with Crippen molar-refractivity contribution in [3.05, 3.63) is 0 Å². The first-order valence-corrected chi connectivity index (χ1v) is 6.32. The molecule has 4 nitrogen and oxygen atoms in total. The minimum Gasteiger partial charge on any atom is -0.383 e. The standard InChI is InChI=1S/C12H26N2O2/c1-4-5-13-8-12-10-16-7-6-14(12)11(2)9-15-3/h11-13H,4-10H2,1-3H3. The van der Waals surface area contributed by atoms with Gasteiger partial charge >= 0.3 is 0 Å². The minimum atomic E-state index is 0.474. The van der Waals surface area contributed by atoms with Gasteiger partial charge in [-0.25, -0.2) is 0 Å². The van der Waals surface area contributed by atoms with Gasteiger partial charge in [-0.2, -0.15) is 0 Å². The van der Waals surface area contributed by atoms with E-state index in [0.29, 0.717) is 12.1 Å². The first-order valence-electron chi connectivity index (χ1n) is 6.32. The van der Waals surface area contributed by atoms with Crippen LogP contribution >= 0.6 is 0 Å². The second kappa shape index (κ2) is 8.01. The molecule has 1 heterocycles. The van der Waals surface area contributed by atoms with E-state index in [1.807, 2.05) is 0 Å². The summed E-state index contributed by atoms with van der Waals surface area (Å²) in [5.74, 6) is 0. The number of methoxy groups -OCH3 is 1. The molecule has 0 aromatic carbocycles. The first kappa shape index (κ1) is 13.9. The van der Waals surface area contributed by atoms with Gasteiger partial charge in [0.25, 0.3) is 0 Å². The molecule has 0 aromatic rings. The van der Waals surface area contributed by atoms with Gasteiger partial charge in [0.05, 0.1) is 19.8 Å². The topological polar surface area (TPSA) is 33.7 Å². The van der Waals surface area contributed by atoms with Gasteiger partial charge in [-0.15, -0.1) is 0 Å². The van der Waals surface area contributed by atoms with E-state index in [1.165, 1.54) is 6.42 Å². The van der Waals surface area contributed by atoms with Gasteiger partial charge in [-0.3, -0.25) is 4.90 Å². The molecule has 0 spiro atoms. The van der Waals surface area contributed by atoms with Crippen molar-refractivity contribution in [3.63, 3.8) is 0 Å². The third-order valence-corrected chi connectivity index (χ3v) is 3.05. The maximum Gasteiger partial charge on any atom is 0.0635 e. The average Bonchev–Trinajstić information content (AvgIpc) is 2.30. The fourth-order valence-electron chi connectivity index (χ4n) is 2.21. The smallest absolute Gasteiger partial charge is 0.0635 e. The summed E-state index contributed by atoms with van der Waals surface area (Å²) < 4.78 is 10.8. The van der Waals surface area contributed by atoms with E-state index in [4.69, 9.17) is 9.47 Å². The van der Waals surface area contributed by atoms with Crippen molar-refractivity contribution in [3.8, 4) is 0 Å². The zero-order valence-electron chi connectivity index (χ0n) is 10.9. The van der Waals surface area contributed by atoms with Crippen molar-refractivity contribution < 1.29 is 9.47 Å². The van der Waals surface area contributed by atoms with Crippen LogP contribution < -0.4 is 5.32 Å². The van der Waals surface area contributed by atoms with Crippen LogP contribution in [0, 0.1) is 0 Å². The van der Waals surface area contributed by atoms with Gasteiger partial charge in [0.2, 0.25) is 0 Å². The van der Waals surface area contributed by atoms with Crippen molar-refractivity contribution in [2.75, 3.05) is 46.6 Å². The van der Waals surface area contributed by atoms with Gasteiger partial charge in [-0.05, 0) is 19.9 Å². The van der Waals surface area contributed by atoms with E-state index >= 15 is 0 Å². The fraction of sp³-hybridized carbons (Fsp3) is 1.00. The number of hydrogen-bond acceptors (Lipinski definition) is 4. The Morgan fingerprint density at radius 3 is 3.06 bits per heavy atom. The van der Waals surface area contributed by atoms with E-state index in [0.717, 1.165) is 39.5 Å². The number of hydrogen-bond donors (Lipinski definition) is 1. The zero-order chi connectivity index (χ0) is 11.8. The third-order valence-electron chi connectivity index (χ3n) is 3.05. The summed E-state index contributed by atoms with van der Waals surface area (Å²) in [7, 11) is 1.77. The van der Waals surface area contributed by atoms with Gasteiger partial charge in [-0.1, -0.05) is 6.92 Å². The van der Waals surface area contributed by atoms with Crippen LogP contribution in [0.15, 0.2) is 0 Å². The molecular weight excluding hydrogens is 204 g/mol. The maximum absolute atomic E-state index is 5.55. The Morgan fingerprint density at radius 2 is 2.38 bits per heavy atom. The second-order valence-electron chi connectivity index (χ2n) is 4.48. The predicted octanol–water partition coefficient (Wildman–Crippen LogP) is 0.722. The van der Waals surface area contributed by atoms with Crippen LogP contribution in [-0.2, 0) is 9.47 Å². The molecule has 0 saturated carbocycles. The van der Waals surface area contributed by atoms with E-state index < -0.39 is 0 Å². The van der Waals surface area contributed by atoms with Crippen LogP contribution in [0.3, 0.4) is 0 Å². The third kappa shape index (κ3) is 4.37. The Bertz CT molecular complexity index is 178. The van der Waals surface area contributed by atoms with Gasteiger partial charge in [0.15, 0.2) is 0 Å². The van der Waals surface area contributed by atoms with E-state index in [1.54, 1.807) is 7.11 Å². The summed E-state index contributed by atoms with van der Waals surface area (Å²) in [6.07, 6.45) is 1.18. The normalized spacial score (nSPS) is 24.6. The van der Waals surface area contributed by atoms with Crippen LogP contribution in [0.25, 0.3) is 0 Å². The van der Waals surface area contributed by atoms with Crippen molar-refractivity contribution in [2.45, 2.75) is 32.4 Å². The van der Waals surface area contributed by atoms with Gasteiger partial charge < -0.3 is 14.8 Å². The van der Waals surface area contributed by atoms with Crippen molar-refractivity contribution in [1.29, 1.82) is 0 Å². The van der Waals surface area contributed by atoms with Crippen LogP contribution in [0.4, 0.5) is 0 Å². The molecule has 1 saturated heterocycles. The molecule has 2 atom stereocenters. The molecule has 2 unspecified atom stereocenters. The molecule has 16 heavy (non-hydrogen) atoms. The summed E-state index contributed by atoms with van der Waals surface area (Å²) in [5.41, 5.74) is 0. The van der Waals surface area contributed by atoms with Crippen LogP contribution in [-0.4, -0.2) is 63.5 Å². The summed E-state index contributed by atoms with van der Waals surface area (Å²) in [6, 6.07) is 0.966. The highest BCUT2D eigenvalue weighted by molar-refractivity contribution is 4.81. The SMILES string of the molecule is CCCNCC1COCCN1C(C)COC. The summed E-state index contributed by atoms with van der Waals surface area (Å²) in [6.45, 7) is 10.0. The monoisotopic (exact) mass is 230 g/mol. The van der Waals surface area contributed by atoms with Crippen LogP contribution in [0.2, 0.25) is 0 Å². The molecule has 1 fully saturated rings. The molecule has 0 bridgehead atoms. The molecule has 1 aliphatic rings. The number of nitrogens with one attached hydrogen (secondary N) is 1. The Morgan fingerprint density at radius 1 is 1.56 bits per heavy atom. The Labute approximate surface area is 99.3 Å². The lowest BCUT2D eigenvalue weighted by Gasteiger charge is -2.39. The molecule has 4 heteroatoms. The lowest BCUT2D eigenvalue weighted by Crippen LogP contribution is -2.54. The van der Waals surface area contributed by atoms with Gasteiger partial charge in [0, 0.05) is 32.3 Å². The quantitative estimate of drug-likeness (QED) is 0.654. The van der Waals surface area contributed by atoms with Crippen LogP contribution in [0.1, 0.15) is 20.3 Å². The minimum absolute atomic E-state index is 0.474. The summed E-state index contributed by atoms with van der Waals surface area (Å²) in [4.78, 5) is 2.50. The Balaban J connectivity index is 2.36. The molecule has 0 amide bonds. The van der Waals surface area contributed by atoms with Crippen molar-refractivity contribution in [2.24, 2.45) is 0 Å². The molecule has 0 aromatic heterocycles. The molecule has 1 rings (SSSR count). The van der Waals surface area contributed by atoms with Crippen molar-refractivity contribution in [1.82, 2.24) is 10.2 Å². The number of ether oxygens (including phenoxy) is 2. The van der Waals surface area contributed by atoms with Gasteiger partial charge in [0.1, 0.15) is 0 Å². The summed E-state index contributed by atoms with van der Waals surface area (Å²) in [5, 5.41) is 3.47. The molecule has 0 aliphatic carbocycles. The van der Waals surface area contributed by atoms with Crippen LogP contribution in [0.5, 0.6) is 0 Å². The molecule has 96 valence electrons. The zero-order valence-corrected chi connectivity index (χ0v) is 10.9. The highest BCUT2D eigenvalue weighted by Gasteiger charge is 2.26. The predicted molar refractivity (Wildman–Crippen MR) is 65.8 cm³/mol. The van der Waals surface area contributed by atoms with E-state index in [-0.39, 0.29) is 0 Å². The molecule has 1 aliphatic heterocycles. The number of rotatable bonds is 7. The number of nitrogens with zero attached hydrogens (tertiary/aromatic N) is 1. The number of morpholine rings is 1.